The number of benzene rings is 3. The molecule has 7 heteroatoms. The maximum Gasteiger partial charge on any atom is 0.188 e. The van der Waals surface area contributed by atoms with Gasteiger partial charge in [-0.3, -0.25) is 0 Å². The lowest BCUT2D eigenvalue weighted by molar-refractivity contribution is -0.202. The molecule has 6 rings (SSSR count). The highest BCUT2D eigenvalue weighted by atomic mass is 79.9. The summed E-state index contributed by atoms with van der Waals surface area (Å²) in [5, 5.41) is 0. The molecule has 0 saturated heterocycles. The number of rotatable bonds is 0. The average Bonchev–Trinajstić information content (AvgIpc) is 2.69. The summed E-state index contributed by atoms with van der Waals surface area (Å²) in [6.45, 7) is 0. The van der Waals surface area contributed by atoms with Crippen molar-refractivity contribution in [3.63, 3.8) is 0 Å². The van der Waals surface area contributed by atoms with Gasteiger partial charge in [-0.05, 0) is 54.6 Å². The molecule has 0 amide bonds. The summed E-state index contributed by atoms with van der Waals surface area (Å²) >= 11 is 10.7. The molecule has 4 nitrogen and oxygen atoms in total. The predicted molar refractivity (Wildman–Crippen MR) is 114 cm³/mol. The van der Waals surface area contributed by atoms with Crippen molar-refractivity contribution in [1.82, 2.24) is 4.90 Å². The molecule has 140 valence electrons. The highest BCUT2D eigenvalue weighted by Gasteiger charge is 2.51. The molecule has 0 unspecified atom stereocenters. The largest absolute Gasteiger partial charge is 0.470 e. The molecule has 3 aliphatic heterocycles. The van der Waals surface area contributed by atoms with E-state index < -0.39 is 0 Å². The van der Waals surface area contributed by atoms with Crippen LogP contribution in [0, 0.1) is 0 Å². The van der Waals surface area contributed by atoms with Crippen molar-refractivity contribution in [2.24, 2.45) is 0 Å². The lowest BCUT2D eigenvalue weighted by Gasteiger charge is -2.51. The Labute approximate surface area is 186 Å². The second-order valence-corrected chi connectivity index (χ2v) is 9.65. The zero-order valence-corrected chi connectivity index (χ0v) is 19.0. The quantitative estimate of drug-likeness (QED) is 0.298. The van der Waals surface area contributed by atoms with Gasteiger partial charge in [-0.2, -0.15) is 4.90 Å². The van der Waals surface area contributed by atoms with Gasteiger partial charge in [-0.25, -0.2) is 0 Å². The van der Waals surface area contributed by atoms with E-state index in [1.165, 1.54) is 0 Å². The van der Waals surface area contributed by atoms with Gasteiger partial charge in [0.2, 0.25) is 0 Å². The molecule has 3 aromatic carbocycles. The van der Waals surface area contributed by atoms with Gasteiger partial charge < -0.3 is 14.2 Å². The van der Waals surface area contributed by atoms with Gasteiger partial charge in [-0.1, -0.05) is 47.8 Å². The number of ether oxygens (including phenoxy) is 3. The Balaban J connectivity index is 1.61. The van der Waals surface area contributed by atoms with E-state index in [4.69, 9.17) is 14.2 Å². The van der Waals surface area contributed by atoms with Crippen molar-refractivity contribution < 1.29 is 14.2 Å². The first-order chi connectivity index (χ1) is 13.6. The normalized spacial score (nSPS) is 23.9. The Hall–Kier alpha value is -1.54. The SMILES string of the molecule is Brc1ccc2c(c1)[C@@H]1Oc3ccc(Br)cc3[C@@H]3Oc4ccc(Br)cc4[C@H](O2)N13. The van der Waals surface area contributed by atoms with E-state index >= 15 is 0 Å². The van der Waals surface area contributed by atoms with Gasteiger partial charge in [0.05, 0.1) is 16.7 Å². The number of fused-ring (bicyclic) bond motifs is 6. The third-order valence-electron chi connectivity index (χ3n) is 5.24. The first-order valence-electron chi connectivity index (χ1n) is 8.74. The molecule has 0 bridgehead atoms. The number of hydrogen-bond donors (Lipinski definition) is 0. The zero-order chi connectivity index (χ0) is 19.0. The second kappa shape index (κ2) is 6.23. The van der Waals surface area contributed by atoms with E-state index in [1.54, 1.807) is 0 Å². The summed E-state index contributed by atoms with van der Waals surface area (Å²) in [7, 11) is 0. The molecular weight excluding hydrogens is 554 g/mol. The van der Waals surface area contributed by atoms with Gasteiger partial charge in [0, 0.05) is 13.4 Å². The number of halogens is 3. The van der Waals surface area contributed by atoms with Gasteiger partial charge in [0.25, 0.3) is 0 Å². The van der Waals surface area contributed by atoms with Crippen LogP contribution in [0.4, 0.5) is 0 Å². The smallest absolute Gasteiger partial charge is 0.188 e. The monoisotopic (exact) mass is 563 g/mol. The van der Waals surface area contributed by atoms with Crippen LogP contribution in [0.1, 0.15) is 35.4 Å². The van der Waals surface area contributed by atoms with Crippen molar-refractivity contribution in [1.29, 1.82) is 0 Å². The summed E-state index contributed by atoms with van der Waals surface area (Å²) in [4.78, 5) is 2.15. The van der Waals surface area contributed by atoms with E-state index in [1.807, 2.05) is 54.6 Å². The molecular formula is C21H12Br3NO3. The molecule has 0 fully saturated rings. The molecule has 3 heterocycles. The maximum atomic E-state index is 6.47. The summed E-state index contributed by atoms with van der Waals surface area (Å²) in [6.07, 6.45) is -0.925. The van der Waals surface area contributed by atoms with Gasteiger partial charge >= 0.3 is 0 Å². The molecule has 3 atom stereocenters. The fourth-order valence-corrected chi connectivity index (χ4v) is 5.18. The Morgan fingerprint density at radius 2 is 0.857 bits per heavy atom. The summed E-state index contributed by atoms with van der Waals surface area (Å²) < 4.78 is 22.3. The van der Waals surface area contributed by atoms with Crippen LogP contribution in [0.2, 0.25) is 0 Å². The van der Waals surface area contributed by atoms with Gasteiger partial charge in [0.15, 0.2) is 18.7 Å². The fraction of sp³-hybridized carbons (Fsp3) is 0.143. The molecule has 0 aromatic heterocycles. The first-order valence-corrected chi connectivity index (χ1v) is 11.1. The number of nitrogens with zero attached hydrogens (tertiary/aromatic N) is 1. The Morgan fingerprint density at radius 1 is 0.536 bits per heavy atom. The van der Waals surface area contributed by atoms with Crippen molar-refractivity contribution >= 4 is 47.8 Å². The van der Waals surface area contributed by atoms with Crippen molar-refractivity contribution in [3.05, 3.63) is 84.7 Å². The maximum absolute atomic E-state index is 6.47. The van der Waals surface area contributed by atoms with Crippen LogP contribution in [-0.4, -0.2) is 4.90 Å². The van der Waals surface area contributed by atoms with Crippen LogP contribution in [0.15, 0.2) is 68.0 Å². The zero-order valence-electron chi connectivity index (χ0n) is 14.2. The van der Waals surface area contributed by atoms with Crippen LogP contribution in [-0.2, 0) is 0 Å². The number of hydrogen-bond acceptors (Lipinski definition) is 4. The molecule has 0 radical (unpaired) electrons. The van der Waals surface area contributed by atoms with Crippen molar-refractivity contribution in [3.8, 4) is 17.2 Å². The summed E-state index contributed by atoms with van der Waals surface area (Å²) in [5.41, 5.74) is 2.93. The van der Waals surface area contributed by atoms with Crippen LogP contribution >= 0.6 is 47.8 Å². The minimum Gasteiger partial charge on any atom is -0.470 e. The molecule has 28 heavy (non-hydrogen) atoms. The second-order valence-electron chi connectivity index (χ2n) is 6.90. The lowest BCUT2D eigenvalue weighted by Crippen LogP contribution is -2.50. The average molecular weight is 566 g/mol. The first kappa shape index (κ1) is 17.3. The van der Waals surface area contributed by atoms with E-state index in [9.17, 15) is 0 Å². The highest BCUT2D eigenvalue weighted by Crippen LogP contribution is 2.56. The van der Waals surface area contributed by atoms with Crippen LogP contribution < -0.4 is 14.2 Å². The van der Waals surface area contributed by atoms with E-state index in [2.05, 4.69) is 52.7 Å². The summed E-state index contributed by atoms with van der Waals surface area (Å²) in [6, 6.07) is 18.1. The van der Waals surface area contributed by atoms with Crippen molar-refractivity contribution in [2.45, 2.75) is 18.7 Å². The Kier molecular flexibility index (Phi) is 3.85. The minimum absolute atomic E-state index is 0.308. The van der Waals surface area contributed by atoms with E-state index in [0.29, 0.717) is 0 Å². The van der Waals surface area contributed by atoms with Crippen molar-refractivity contribution in [2.75, 3.05) is 0 Å². The standard InChI is InChI=1S/C21H12Br3NO3/c22-10-1-4-16-13(7-10)19-25-20(26-16)14-8-11(23)2-5-17(14)28-21(25)15-9-12(24)3-6-18(15)27-19/h1-9,19-21H/t19-,20-,21-/m0/s1. The van der Waals surface area contributed by atoms with Crippen LogP contribution in [0.25, 0.3) is 0 Å². The predicted octanol–water partition coefficient (Wildman–Crippen LogP) is 6.85. The lowest BCUT2D eigenvalue weighted by atomic mass is 9.99. The molecule has 0 aliphatic carbocycles. The molecule has 3 aliphatic rings. The molecule has 3 aromatic rings. The Morgan fingerprint density at radius 3 is 1.18 bits per heavy atom. The van der Waals surface area contributed by atoms with Gasteiger partial charge in [0.1, 0.15) is 17.2 Å². The topological polar surface area (TPSA) is 30.9 Å². The van der Waals surface area contributed by atoms with Crippen LogP contribution in [0.3, 0.4) is 0 Å². The fourth-order valence-electron chi connectivity index (χ4n) is 4.04. The van der Waals surface area contributed by atoms with E-state index in [0.717, 1.165) is 47.4 Å². The third-order valence-corrected chi connectivity index (χ3v) is 6.72. The Bertz CT molecular complexity index is 994. The summed E-state index contributed by atoms with van der Waals surface area (Å²) in [5.74, 6) is 2.46. The minimum atomic E-state index is -0.308. The molecule has 0 spiro atoms. The van der Waals surface area contributed by atoms with Gasteiger partial charge in [-0.15, -0.1) is 0 Å². The molecule has 0 saturated carbocycles. The highest BCUT2D eigenvalue weighted by molar-refractivity contribution is 9.11. The van der Waals surface area contributed by atoms with Crippen LogP contribution in [0.5, 0.6) is 17.2 Å². The molecule has 0 N–H and O–H groups in total. The third kappa shape index (κ3) is 2.49. The van der Waals surface area contributed by atoms with E-state index in [-0.39, 0.29) is 18.7 Å².